The summed E-state index contributed by atoms with van der Waals surface area (Å²) in [5.74, 6) is -1.02. The molecular formula is C12H12O5S. The van der Waals surface area contributed by atoms with Gasteiger partial charge in [-0.3, -0.25) is 0 Å². The molecule has 0 saturated carbocycles. The highest BCUT2D eigenvalue weighted by Gasteiger charge is 2.16. The molecule has 1 heterocycles. The summed E-state index contributed by atoms with van der Waals surface area (Å²) < 4.78 is 28.3. The SMILES string of the molecule is CCS(=O)(=O)Cc1cc2cccc(C(=O)O)c2o1. The zero-order chi connectivity index (χ0) is 13.3. The number of fused-ring (bicyclic) bond motifs is 1. The molecule has 0 fully saturated rings. The number of hydrogen-bond donors (Lipinski definition) is 1. The molecular weight excluding hydrogens is 256 g/mol. The molecule has 2 aromatic rings. The first kappa shape index (κ1) is 12.6. The first-order chi connectivity index (χ1) is 8.43. The molecule has 96 valence electrons. The van der Waals surface area contributed by atoms with Crippen LogP contribution in [-0.4, -0.2) is 25.2 Å². The molecule has 2 rings (SSSR count). The number of carboxylic acid groups (broad SMARTS) is 1. The van der Waals surface area contributed by atoms with Crippen LogP contribution in [0.15, 0.2) is 28.7 Å². The topological polar surface area (TPSA) is 84.6 Å². The lowest BCUT2D eigenvalue weighted by Gasteiger charge is -1.97. The van der Waals surface area contributed by atoms with Crippen LogP contribution in [0.1, 0.15) is 23.0 Å². The van der Waals surface area contributed by atoms with Gasteiger partial charge in [-0.2, -0.15) is 0 Å². The summed E-state index contributed by atoms with van der Waals surface area (Å²) in [6, 6.07) is 6.27. The van der Waals surface area contributed by atoms with Gasteiger partial charge in [-0.15, -0.1) is 0 Å². The number of hydrogen-bond acceptors (Lipinski definition) is 4. The van der Waals surface area contributed by atoms with Crippen LogP contribution in [-0.2, 0) is 15.6 Å². The van der Waals surface area contributed by atoms with Gasteiger partial charge in [0.2, 0.25) is 0 Å². The van der Waals surface area contributed by atoms with Crippen LogP contribution >= 0.6 is 0 Å². The zero-order valence-electron chi connectivity index (χ0n) is 9.71. The Hall–Kier alpha value is -1.82. The lowest BCUT2D eigenvalue weighted by molar-refractivity contribution is 0.0698. The third-order valence-corrected chi connectivity index (χ3v) is 4.23. The van der Waals surface area contributed by atoms with E-state index >= 15 is 0 Å². The summed E-state index contributed by atoms with van der Waals surface area (Å²) >= 11 is 0. The van der Waals surface area contributed by atoms with Crippen LogP contribution in [0.3, 0.4) is 0 Å². The van der Waals surface area contributed by atoms with Gasteiger partial charge in [0.15, 0.2) is 9.84 Å². The maximum Gasteiger partial charge on any atom is 0.339 e. The van der Waals surface area contributed by atoms with E-state index < -0.39 is 15.8 Å². The number of sulfone groups is 1. The van der Waals surface area contributed by atoms with Crippen molar-refractivity contribution in [2.45, 2.75) is 12.7 Å². The van der Waals surface area contributed by atoms with Crippen molar-refractivity contribution in [3.05, 3.63) is 35.6 Å². The summed E-state index contributed by atoms with van der Waals surface area (Å²) in [5, 5.41) is 9.59. The molecule has 0 aliphatic carbocycles. The van der Waals surface area contributed by atoms with E-state index in [0.717, 1.165) is 0 Å². The maximum atomic E-state index is 11.5. The number of aromatic carboxylic acids is 1. The van der Waals surface area contributed by atoms with Gasteiger partial charge in [-0.1, -0.05) is 19.1 Å². The Bertz CT molecular complexity index is 696. The summed E-state index contributed by atoms with van der Waals surface area (Å²) in [7, 11) is -3.19. The fourth-order valence-corrected chi connectivity index (χ4v) is 2.45. The van der Waals surface area contributed by atoms with Crippen LogP contribution in [0.2, 0.25) is 0 Å². The molecule has 0 radical (unpaired) electrons. The van der Waals surface area contributed by atoms with Crippen molar-refractivity contribution in [3.8, 4) is 0 Å². The van der Waals surface area contributed by atoms with E-state index in [0.29, 0.717) is 5.39 Å². The Labute approximate surface area is 104 Å². The molecule has 0 atom stereocenters. The first-order valence-corrected chi connectivity index (χ1v) is 7.20. The molecule has 0 aliphatic rings. The minimum absolute atomic E-state index is 0.0236. The van der Waals surface area contributed by atoms with Crippen molar-refractivity contribution < 1.29 is 22.7 Å². The molecule has 6 heteroatoms. The molecule has 0 spiro atoms. The van der Waals surface area contributed by atoms with E-state index in [4.69, 9.17) is 9.52 Å². The molecule has 5 nitrogen and oxygen atoms in total. The zero-order valence-corrected chi connectivity index (χ0v) is 10.5. The van der Waals surface area contributed by atoms with E-state index in [1.54, 1.807) is 25.1 Å². The van der Waals surface area contributed by atoms with Crippen LogP contribution in [0.4, 0.5) is 0 Å². The number of para-hydroxylation sites is 1. The predicted octanol–water partition coefficient (Wildman–Crippen LogP) is 2.07. The molecule has 1 aromatic carbocycles. The second-order valence-corrected chi connectivity index (χ2v) is 6.27. The smallest absolute Gasteiger partial charge is 0.339 e. The number of benzene rings is 1. The van der Waals surface area contributed by atoms with Crippen molar-refractivity contribution >= 4 is 26.8 Å². The van der Waals surface area contributed by atoms with Crippen molar-refractivity contribution in [1.29, 1.82) is 0 Å². The Morgan fingerprint density at radius 1 is 1.39 bits per heavy atom. The van der Waals surface area contributed by atoms with E-state index in [1.165, 1.54) is 6.07 Å². The van der Waals surface area contributed by atoms with Gasteiger partial charge < -0.3 is 9.52 Å². The maximum absolute atomic E-state index is 11.5. The van der Waals surface area contributed by atoms with Crippen molar-refractivity contribution in [2.75, 3.05) is 5.75 Å². The largest absolute Gasteiger partial charge is 0.478 e. The average Bonchev–Trinajstić information content (AvgIpc) is 2.69. The third kappa shape index (κ3) is 2.38. The van der Waals surface area contributed by atoms with Crippen LogP contribution < -0.4 is 0 Å². The molecule has 0 unspecified atom stereocenters. The minimum Gasteiger partial charge on any atom is -0.478 e. The Balaban J connectivity index is 2.51. The Morgan fingerprint density at radius 3 is 2.72 bits per heavy atom. The second kappa shape index (κ2) is 4.45. The summed E-state index contributed by atoms with van der Waals surface area (Å²) in [5.41, 5.74) is 0.249. The Morgan fingerprint density at radius 2 is 2.11 bits per heavy atom. The average molecular weight is 268 g/mol. The van der Waals surface area contributed by atoms with Gasteiger partial charge in [0.25, 0.3) is 0 Å². The quantitative estimate of drug-likeness (QED) is 0.917. The van der Waals surface area contributed by atoms with Gasteiger partial charge in [-0.25, -0.2) is 13.2 Å². The van der Waals surface area contributed by atoms with Crippen molar-refractivity contribution in [3.63, 3.8) is 0 Å². The number of furan rings is 1. The number of rotatable bonds is 4. The highest BCUT2D eigenvalue weighted by Crippen LogP contribution is 2.24. The van der Waals surface area contributed by atoms with Crippen LogP contribution in [0, 0.1) is 0 Å². The lowest BCUT2D eigenvalue weighted by atomic mass is 10.1. The predicted molar refractivity (Wildman–Crippen MR) is 66.3 cm³/mol. The van der Waals surface area contributed by atoms with E-state index in [1.807, 2.05) is 0 Å². The van der Waals surface area contributed by atoms with Crippen molar-refractivity contribution in [2.24, 2.45) is 0 Å². The van der Waals surface area contributed by atoms with Gasteiger partial charge in [0.1, 0.15) is 22.7 Å². The molecule has 0 amide bonds. The standard InChI is InChI=1S/C12H12O5S/c1-2-18(15,16)7-9-6-8-4-3-5-10(12(13)14)11(8)17-9/h3-6H,2,7H2,1H3,(H,13,14). The summed E-state index contributed by atoms with van der Waals surface area (Å²) in [6.07, 6.45) is 0. The van der Waals surface area contributed by atoms with Gasteiger partial charge in [-0.05, 0) is 12.1 Å². The summed E-state index contributed by atoms with van der Waals surface area (Å²) in [6.45, 7) is 1.56. The normalized spacial score (nSPS) is 11.8. The monoisotopic (exact) mass is 268 g/mol. The van der Waals surface area contributed by atoms with Gasteiger partial charge in [0, 0.05) is 11.1 Å². The molecule has 18 heavy (non-hydrogen) atoms. The van der Waals surface area contributed by atoms with E-state index in [9.17, 15) is 13.2 Å². The molecule has 0 saturated heterocycles. The second-order valence-electron chi connectivity index (χ2n) is 3.92. The molecule has 0 aliphatic heterocycles. The molecule has 0 bridgehead atoms. The molecule has 1 N–H and O–H groups in total. The number of carboxylic acids is 1. The van der Waals surface area contributed by atoms with Gasteiger partial charge >= 0.3 is 5.97 Å². The highest BCUT2D eigenvalue weighted by molar-refractivity contribution is 7.90. The van der Waals surface area contributed by atoms with E-state index in [-0.39, 0.29) is 28.4 Å². The first-order valence-electron chi connectivity index (χ1n) is 5.38. The van der Waals surface area contributed by atoms with E-state index in [2.05, 4.69) is 0 Å². The Kier molecular flexibility index (Phi) is 3.13. The number of carbonyl (C=O) groups is 1. The summed E-state index contributed by atoms with van der Waals surface area (Å²) in [4.78, 5) is 11.0. The van der Waals surface area contributed by atoms with Gasteiger partial charge in [0.05, 0.1) is 0 Å². The fourth-order valence-electron chi connectivity index (χ4n) is 1.67. The van der Waals surface area contributed by atoms with Crippen LogP contribution in [0.5, 0.6) is 0 Å². The van der Waals surface area contributed by atoms with Crippen molar-refractivity contribution in [1.82, 2.24) is 0 Å². The van der Waals surface area contributed by atoms with Crippen LogP contribution in [0.25, 0.3) is 11.0 Å². The third-order valence-electron chi connectivity index (χ3n) is 2.63. The lowest BCUT2D eigenvalue weighted by Crippen LogP contribution is -2.05. The fraction of sp³-hybridized carbons (Fsp3) is 0.250. The highest BCUT2D eigenvalue weighted by atomic mass is 32.2. The minimum atomic E-state index is -3.19. The molecule has 1 aromatic heterocycles.